The molecule has 4 saturated carbocycles. The molecule has 0 spiro atoms. The SMILES string of the molecule is CC(C)C1=C2[C@H]3CC[C@@H]4[C@@]5(C)CCC(NC(=O)NCC6CCN(C)CC6)C(C)(C)[C@@H]5CC[C@@]4(C)[C@]3(C)CC[C@@]2(C)CC1=O. The molecule has 6 rings (SSSR count). The van der Waals surface area contributed by atoms with E-state index < -0.39 is 0 Å². The lowest BCUT2D eigenvalue weighted by Gasteiger charge is -2.72. The summed E-state index contributed by atoms with van der Waals surface area (Å²) in [7, 11) is 2.19. The Labute approximate surface area is 263 Å². The third-order valence-corrected chi connectivity index (χ3v) is 15.5. The quantitative estimate of drug-likeness (QED) is 0.347. The minimum Gasteiger partial charge on any atom is -0.338 e. The van der Waals surface area contributed by atoms with Crippen molar-refractivity contribution in [3.8, 4) is 0 Å². The number of carbonyl (C=O) groups excluding carboxylic acids is 2. The molecule has 1 saturated heterocycles. The van der Waals surface area contributed by atoms with E-state index >= 15 is 0 Å². The topological polar surface area (TPSA) is 61.4 Å². The third kappa shape index (κ3) is 4.70. The fourth-order valence-corrected chi connectivity index (χ4v) is 12.9. The van der Waals surface area contributed by atoms with Crippen molar-refractivity contribution in [3.63, 3.8) is 0 Å². The summed E-state index contributed by atoms with van der Waals surface area (Å²) in [6.45, 7) is 22.9. The largest absolute Gasteiger partial charge is 0.338 e. The smallest absolute Gasteiger partial charge is 0.315 e. The van der Waals surface area contributed by atoms with Gasteiger partial charge in [0.2, 0.25) is 0 Å². The molecule has 0 bridgehead atoms. The molecule has 242 valence electrons. The number of hydrogen-bond acceptors (Lipinski definition) is 3. The monoisotopic (exact) mass is 593 g/mol. The number of urea groups is 1. The fourth-order valence-electron chi connectivity index (χ4n) is 12.9. The van der Waals surface area contributed by atoms with Gasteiger partial charge in [0.05, 0.1) is 0 Å². The van der Waals surface area contributed by atoms with Gasteiger partial charge >= 0.3 is 6.03 Å². The van der Waals surface area contributed by atoms with Crippen molar-refractivity contribution in [1.82, 2.24) is 15.5 Å². The van der Waals surface area contributed by atoms with Crippen LogP contribution in [0.25, 0.3) is 0 Å². The van der Waals surface area contributed by atoms with Gasteiger partial charge in [0.25, 0.3) is 0 Å². The van der Waals surface area contributed by atoms with E-state index in [1.807, 2.05) is 0 Å². The number of nitrogens with one attached hydrogen (secondary N) is 2. The van der Waals surface area contributed by atoms with Gasteiger partial charge in [0, 0.05) is 19.0 Å². The lowest BCUT2D eigenvalue weighted by Crippen LogP contribution is -2.67. The number of hydrogen-bond donors (Lipinski definition) is 2. The predicted molar refractivity (Wildman–Crippen MR) is 176 cm³/mol. The molecule has 1 aliphatic heterocycles. The van der Waals surface area contributed by atoms with Gasteiger partial charge < -0.3 is 15.5 Å². The van der Waals surface area contributed by atoms with E-state index in [0.717, 1.165) is 32.5 Å². The van der Waals surface area contributed by atoms with Crippen LogP contribution in [0.2, 0.25) is 0 Å². The van der Waals surface area contributed by atoms with Gasteiger partial charge in [-0.2, -0.15) is 0 Å². The van der Waals surface area contributed by atoms with Crippen molar-refractivity contribution < 1.29 is 9.59 Å². The number of allylic oxidation sites excluding steroid dienone is 2. The first-order valence-corrected chi connectivity index (χ1v) is 18.1. The Kier molecular flexibility index (Phi) is 7.79. The zero-order valence-corrected chi connectivity index (χ0v) is 29.1. The Balaban J connectivity index is 1.20. The molecule has 5 nitrogen and oxygen atoms in total. The molecule has 2 N–H and O–H groups in total. The highest BCUT2D eigenvalue weighted by Gasteiger charge is 2.69. The van der Waals surface area contributed by atoms with Gasteiger partial charge in [-0.25, -0.2) is 4.79 Å². The fraction of sp³-hybridized carbons (Fsp3) is 0.895. The van der Waals surface area contributed by atoms with E-state index in [4.69, 9.17) is 0 Å². The highest BCUT2D eigenvalue weighted by atomic mass is 16.2. The Morgan fingerprint density at radius 1 is 0.860 bits per heavy atom. The maximum absolute atomic E-state index is 13.4. The van der Waals surface area contributed by atoms with Crippen molar-refractivity contribution in [1.29, 1.82) is 0 Å². The van der Waals surface area contributed by atoms with Crippen LogP contribution < -0.4 is 10.6 Å². The van der Waals surface area contributed by atoms with Gasteiger partial charge in [-0.15, -0.1) is 0 Å². The van der Waals surface area contributed by atoms with E-state index in [0.29, 0.717) is 35.4 Å². The molecule has 2 amide bonds. The second-order valence-corrected chi connectivity index (χ2v) is 18.3. The van der Waals surface area contributed by atoms with Crippen LogP contribution in [0.1, 0.15) is 126 Å². The van der Waals surface area contributed by atoms with Crippen LogP contribution in [0.3, 0.4) is 0 Å². The third-order valence-electron chi connectivity index (χ3n) is 15.5. The van der Waals surface area contributed by atoms with Crippen molar-refractivity contribution in [2.45, 2.75) is 132 Å². The number of ketones is 1. The summed E-state index contributed by atoms with van der Waals surface area (Å²) in [5.41, 5.74) is 3.77. The Morgan fingerprint density at radius 2 is 1.56 bits per heavy atom. The Morgan fingerprint density at radius 3 is 2.23 bits per heavy atom. The van der Waals surface area contributed by atoms with E-state index in [1.165, 1.54) is 63.4 Å². The van der Waals surface area contributed by atoms with Crippen LogP contribution in [-0.2, 0) is 4.79 Å². The van der Waals surface area contributed by atoms with E-state index in [9.17, 15) is 9.59 Å². The molecule has 5 heteroatoms. The summed E-state index contributed by atoms with van der Waals surface area (Å²) in [6.07, 6.45) is 12.9. The van der Waals surface area contributed by atoms with E-state index in [1.54, 1.807) is 5.57 Å². The molecule has 43 heavy (non-hydrogen) atoms. The van der Waals surface area contributed by atoms with Crippen molar-refractivity contribution in [2.75, 3.05) is 26.7 Å². The number of rotatable bonds is 4. The average Bonchev–Trinajstić information content (AvgIpc) is 3.20. The molecule has 0 aromatic heterocycles. The summed E-state index contributed by atoms with van der Waals surface area (Å²) in [5, 5.41) is 6.75. The van der Waals surface area contributed by atoms with E-state index in [-0.39, 0.29) is 39.1 Å². The maximum Gasteiger partial charge on any atom is 0.315 e. The lowest BCUT2D eigenvalue weighted by molar-refractivity contribution is -0.215. The zero-order valence-electron chi connectivity index (χ0n) is 29.1. The number of Topliss-reactive ketones (excluding diaryl/α,β-unsaturated/α-hetero) is 1. The van der Waals surface area contributed by atoms with Gasteiger partial charge in [-0.3, -0.25) is 4.79 Å². The van der Waals surface area contributed by atoms with E-state index in [2.05, 4.69) is 78.0 Å². The molecule has 5 fully saturated rings. The Bertz CT molecular complexity index is 1170. The number of piperidine rings is 1. The van der Waals surface area contributed by atoms with Crippen molar-refractivity contribution in [3.05, 3.63) is 11.1 Å². The first-order chi connectivity index (χ1) is 20.1. The standard InChI is InChI=1S/C38H63N3O2/c1-24(2)31-27(42)22-35(5)18-19-37(7)26(32(31)35)10-11-29-36(6)16-13-30(34(3,4)28(36)12-17-38(29,37)8)40-33(43)39-23-25-14-20-41(9)21-15-25/h24-26,28-30H,10-23H2,1-9H3,(H2,39,40,43)/t26-,28+,29-,30?,35+,36+,37-,38-/m1/s1. The number of fused-ring (bicyclic) bond motifs is 7. The molecular formula is C38H63N3O2. The normalized spacial score (nSPS) is 44.8. The second-order valence-electron chi connectivity index (χ2n) is 18.3. The first kappa shape index (κ1) is 31.6. The van der Waals surface area contributed by atoms with Gasteiger partial charge in [-0.05, 0) is 147 Å². The molecule has 1 heterocycles. The molecule has 0 radical (unpaired) electrons. The van der Waals surface area contributed by atoms with Gasteiger partial charge in [-0.1, -0.05) is 61.0 Å². The minimum absolute atomic E-state index is 0.0415. The summed E-state index contributed by atoms with van der Waals surface area (Å²) >= 11 is 0. The van der Waals surface area contributed by atoms with Crippen LogP contribution in [-0.4, -0.2) is 49.4 Å². The van der Waals surface area contributed by atoms with Crippen molar-refractivity contribution in [2.24, 2.45) is 56.7 Å². The van der Waals surface area contributed by atoms with Gasteiger partial charge in [0.15, 0.2) is 5.78 Å². The van der Waals surface area contributed by atoms with Crippen LogP contribution in [0.4, 0.5) is 4.79 Å². The number of nitrogens with zero attached hydrogens (tertiary/aromatic N) is 1. The lowest BCUT2D eigenvalue weighted by atomic mass is 9.33. The summed E-state index contributed by atoms with van der Waals surface area (Å²) in [6, 6.07) is 0.262. The van der Waals surface area contributed by atoms with Crippen LogP contribution in [0, 0.1) is 56.7 Å². The zero-order chi connectivity index (χ0) is 31.2. The molecule has 1 unspecified atom stereocenters. The van der Waals surface area contributed by atoms with Crippen LogP contribution >= 0.6 is 0 Å². The molecule has 0 aromatic rings. The second kappa shape index (κ2) is 10.6. The van der Waals surface area contributed by atoms with Crippen molar-refractivity contribution >= 4 is 11.8 Å². The average molecular weight is 594 g/mol. The highest BCUT2D eigenvalue weighted by Crippen LogP contribution is 2.76. The Hall–Kier alpha value is -1.36. The minimum atomic E-state index is 0.0415. The highest BCUT2D eigenvalue weighted by molar-refractivity contribution is 6.00. The molecular weight excluding hydrogens is 530 g/mol. The number of likely N-dealkylation sites (tertiary alicyclic amines) is 1. The summed E-state index contributed by atoms with van der Waals surface area (Å²) in [5.74, 6) is 3.24. The van der Waals surface area contributed by atoms with Crippen LogP contribution in [0.15, 0.2) is 11.1 Å². The van der Waals surface area contributed by atoms with Gasteiger partial charge in [0.1, 0.15) is 0 Å². The molecule has 0 aromatic carbocycles. The number of carbonyl (C=O) groups is 2. The molecule has 5 aliphatic carbocycles. The molecule has 8 atom stereocenters. The predicted octanol–water partition coefficient (Wildman–Crippen LogP) is 8.00. The summed E-state index contributed by atoms with van der Waals surface area (Å²) in [4.78, 5) is 29.0. The molecule has 6 aliphatic rings. The first-order valence-electron chi connectivity index (χ1n) is 18.1. The van der Waals surface area contributed by atoms with Crippen LogP contribution in [0.5, 0.6) is 0 Å². The number of amides is 2. The summed E-state index contributed by atoms with van der Waals surface area (Å²) < 4.78 is 0. The maximum atomic E-state index is 13.4.